The Morgan fingerprint density at radius 2 is 1.95 bits per heavy atom. The summed E-state index contributed by atoms with van der Waals surface area (Å²) < 4.78 is 15.0. The molecule has 1 unspecified atom stereocenters. The standard InChI is InChI=1S/C29H35FN4O4S/c1-3-39-22-11-13-33(14-12-22)17-20-8-9-21(24(30)15-20)16-31-25-6-4-5-23-27(25)29(38)34(28(23)37)19(2)7-10-26(36)32-18-35/h4-6,8-9,15,18-19,22,31H,3,7,10-14,16-17H2,1-2H3,(H,32,35,36). The molecule has 4 amide bonds. The maximum absolute atomic E-state index is 15.0. The molecule has 2 aromatic carbocycles. The van der Waals surface area contributed by atoms with Gasteiger partial charge in [-0.25, -0.2) is 4.39 Å². The summed E-state index contributed by atoms with van der Waals surface area (Å²) in [5.41, 5.74) is 2.37. The molecule has 0 bridgehead atoms. The highest BCUT2D eigenvalue weighted by atomic mass is 32.2. The van der Waals surface area contributed by atoms with Crippen LogP contribution in [0.25, 0.3) is 0 Å². The molecule has 2 N–H and O–H groups in total. The largest absolute Gasteiger partial charge is 0.380 e. The van der Waals surface area contributed by atoms with Crippen LogP contribution in [0, 0.1) is 5.82 Å². The summed E-state index contributed by atoms with van der Waals surface area (Å²) >= 11 is 2.02. The molecule has 0 aromatic heterocycles. The van der Waals surface area contributed by atoms with E-state index in [1.54, 1.807) is 37.3 Å². The van der Waals surface area contributed by atoms with Crippen molar-refractivity contribution in [1.82, 2.24) is 15.1 Å². The SMILES string of the molecule is CCSC1CCN(Cc2ccc(CNc3cccc4c3C(=O)N(C(C)CCC(=O)NC=O)C4=O)c(F)c2)CC1. The number of likely N-dealkylation sites (tertiary alicyclic amines) is 1. The summed E-state index contributed by atoms with van der Waals surface area (Å²) in [5, 5.41) is 5.92. The molecule has 1 saturated heterocycles. The van der Waals surface area contributed by atoms with Crippen LogP contribution in [0.3, 0.4) is 0 Å². The second-order valence-electron chi connectivity index (χ2n) is 9.99. The predicted molar refractivity (Wildman–Crippen MR) is 150 cm³/mol. The van der Waals surface area contributed by atoms with Gasteiger partial charge in [0.2, 0.25) is 12.3 Å². The normalized spacial score (nSPS) is 16.7. The van der Waals surface area contributed by atoms with Crippen molar-refractivity contribution in [2.24, 2.45) is 0 Å². The van der Waals surface area contributed by atoms with E-state index in [1.807, 2.05) is 17.8 Å². The molecule has 8 nitrogen and oxygen atoms in total. The average molecular weight is 555 g/mol. The second-order valence-corrected chi connectivity index (χ2v) is 11.6. The van der Waals surface area contributed by atoms with Crippen LogP contribution >= 0.6 is 11.8 Å². The number of anilines is 1. The molecule has 2 aliphatic heterocycles. The lowest BCUT2D eigenvalue weighted by Crippen LogP contribution is -2.38. The minimum Gasteiger partial charge on any atom is -0.380 e. The van der Waals surface area contributed by atoms with Crippen LogP contribution in [0.4, 0.5) is 10.1 Å². The Bertz CT molecular complexity index is 1230. The second kappa shape index (κ2) is 13.2. The first-order chi connectivity index (χ1) is 18.8. The summed E-state index contributed by atoms with van der Waals surface area (Å²) in [7, 11) is 0. The fraction of sp³-hybridized carbons (Fsp3) is 0.448. The highest BCUT2D eigenvalue weighted by Gasteiger charge is 2.40. The van der Waals surface area contributed by atoms with Gasteiger partial charge in [-0.3, -0.25) is 34.3 Å². The number of hydrogen-bond donors (Lipinski definition) is 2. The van der Waals surface area contributed by atoms with Crippen molar-refractivity contribution in [2.45, 2.75) is 63.9 Å². The summed E-state index contributed by atoms with van der Waals surface area (Å²) in [4.78, 5) is 51.8. The first-order valence-corrected chi connectivity index (χ1v) is 14.5. The zero-order valence-electron chi connectivity index (χ0n) is 22.4. The Morgan fingerprint density at radius 3 is 2.64 bits per heavy atom. The Morgan fingerprint density at radius 1 is 1.18 bits per heavy atom. The van der Waals surface area contributed by atoms with Crippen molar-refractivity contribution < 1.29 is 23.6 Å². The molecule has 2 heterocycles. The fourth-order valence-corrected chi connectivity index (χ4v) is 6.22. The van der Waals surface area contributed by atoms with E-state index in [9.17, 15) is 19.2 Å². The van der Waals surface area contributed by atoms with E-state index in [1.165, 1.54) is 0 Å². The molecule has 4 rings (SSSR count). The maximum atomic E-state index is 15.0. The van der Waals surface area contributed by atoms with Crippen LogP contribution in [0.2, 0.25) is 0 Å². The van der Waals surface area contributed by atoms with Gasteiger partial charge in [0.15, 0.2) is 0 Å². The third kappa shape index (κ3) is 6.86. The molecule has 2 aromatic rings. The zero-order chi connectivity index (χ0) is 27.9. The molecule has 0 radical (unpaired) electrons. The van der Waals surface area contributed by atoms with Crippen LogP contribution in [0.1, 0.15) is 71.4 Å². The molecule has 1 atom stereocenters. The topological polar surface area (TPSA) is 98.8 Å². The molecule has 0 aliphatic carbocycles. The predicted octanol–water partition coefficient (Wildman–Crippen LogP) is 4.19. The number of benzene rings is 2. The van der Waals surface area contributed by atoms with E-state index in [2.05, 4.69) is 22.5 Å². The van der Waals surface area contributed by atoms with Crippen molar-refractivity contribution >= 4 is 41.6 Å². The number of rotatable bonds is 12. The van der Waals surface area contributed by atoms with Crippen molar-refractivity contribution in [3.8, 4) is 0 Å². The first kappa shape index (κ1) is 28.8. The third-order valence-corrected chi connectivity index (χ3v) is 8.60. The van der Waals surface area contributed by atoms with Crippen molar-refractivity contribution in [3.63, 3.8) is 0 Å². The molecule has 1 fully saturated rings. The Balaban J connectivity index is 1.38. The van der Waals surface area contributed by atoms with Crippen molar-refractivity contribution in [2.75, 3.05) is 24.2 Å². The number of halogens is 1. The van der Waals surface area contributed by atoms with E-state index in [4.69, 9.17) is 0 Å². The highest BCUT2D eigenvalue weighted by Crippen LogP contribution is 2.32. The number of amides is 4. The Kier molecular flexibility index (Phi) is 9.74. The third-order valence-electron chi connectivity index (χ3n) is 7.33. The molecule has 39 heavy (non-hydrogen) atoms. The minimum absolute atomic E-state index is 0.00387. The van der Waals surface area contributed by atoms with Gasteiger partial charge in [-0.1, -0.05) is 25.1 Å². The lowest BCUT2D eigenvalue weighted by Gasteiger charge is -2.31. The first-order valence-electron chi connectivity index (χ1n) is 13.4. The highest BCUT2D eigenvalue weighted by molar-refractivity contribution is 7.99. The van der Waals surface area contributed by atoms with Crippen LogP contribution < -0.4 is 10.6 Å². The van der Waals surface area contributed by atoms with Crippen LogP contribution in [-0.2, 0) is 22.7 Å². The number of imide groups is 2. The van der Waals surface area contributed by atoms with E-state index < -0.39 is 23.8 Å². The number of nitrogens with zero attached hydrogens (tertiary/aromatic N) is 2. The molecule has 0 spiro atoms. The molecule has 208 valence electrons. The number of hydrogen-bond acceptors (Lipinski definition) is 7. The molecule has 10 heteroatoms. The van der Waals surface area contributed by atoms with E-state index >= 15 is 4.39 Å². The lowest BCUT2D eigenvalue weighted by atomic mass is 10.1. The number of piperidine rings is 1. The van der Waals surface area contributed by atoms with Crippen molar-refractivity contribution in [3.05, 3.63) is 64.5 Å². The summed E-state index contributed by atoms with van der Waals surface area (Å²) in [6.45, 7) is 6.81. The zero-order valence-corrected chi connectivity index (χ0v) is 23.2. The van der Waals surface area contributed by atoms with E-state index in [0.717, 1.165) is 53.9 Å². The van der Waals surface area contributed by atoms with Gasteiger partial charge >= 0.3 is 0 Å². The molecule has 2 aliphatic rings. The number of nitrogens with one attached hydrogen (secondary N) is 2. The van der Waals surface area contributed by atoms with Crippen LogP contribution in [0.15, 0.2) is 36.4 Å². The molecular formula is C29H35FN4O4S. The maximum Gasteiger partial charge on any atom is 0.263 e. The Hall–Kier alpha value is -3.24. The lowest BCUT2D eigenvalue weighted by molar-refractivity contribution is -0.125. The van der Waals surface area contributed by atoms with Gasteiger partial charge in [0.1, 0.15) is 5.82 Å². The van der Waals surface area contributed by atoms with Gasteiger partial charge in [0, 0.05) is 42.1 Å². The quantitative estimate of drug-likeness (QED) is 0.300. The van der Waals surface area contributed by atoms with Gasteiger partial charge in [-0.15, -0.1) is 0 Å². The molecular weight excluding hydrogens is 519 g/mol. The summed E-state index contributed by atoms with van der Waals surface area (Å²) in [5.74, 6) is -0.537. The van der Waals surface area contributed by atoms with Gasteiger partial charge in [0.25, 0.3) is 11.8 Å². The van der Waals surface area contributed by atoms with Gasteiger partial charge in [-0.2, -0.15) is 11.8 Å². The van der Waals surface area contributed by atoms with Gasteiger partial charge in [0.05, 0.1) is 11.1 Å². The monoisotopic (exact) mass is 554 g/mol. The summed E-state index contributed by atoms with van der Waals surface area (Å²) in [6.07, 6.45) is 2.86. The van der Waals surface area contributed by atoms with Gasteiger partial charge in [-0.05, 0) is 68.8 Å². The van der Waals surface area contributed by atoms with E-state index in [0.29, 0.717) is 17.7 Å². The number of thioether (sulfide) groups is 1. The summed E-state index contributed by atoms with van der Waals surface area (Å²) in [6, 6.07) is 9.73. The van der Waals surface area contributed by atoms with Crippen molar-refractivity contribution in [1.29, 1.82) is 0 Å². The van der Waals surface area contributed by atoms with Crippen LogP contribution in [-0.4, -0.2) is 64.1 Å². The van der Waals surface area contributed by atoms with E-state index in [-0.39, 0.29) is 36.3 Å². The minimum atomic E-state index is -0.538. The molecule has 0 saturated carbocycles. The number of fused-ring (bicyclic) bond motifs is 1. The van der Waals surface area contributed by atoms with Gasteiger partial charge < -0.3 is 5.32 Å². The Labute approximate surface area is 232 Å². The van der Waals surface area contributed by atoms with Crippen LogP contribution in [0.5, 0.6) is 0 Å². The average Bonchev–Trinajstić information content (AvgIpc) is 3.18. The fourth-order valence-electron chi connectivity index (χ4n) is 5.21. The smallest absolute Gasteiger partial charge is 0.263 e. The number of carbonyl (C=O) groups excluding carboxylic acids is 4. The number of carbonyl (C=O) groups is 4.